The molecule has 0 radical (unpaired) electrons. The van der Waals surface area contributed by atoms with Crippen LogP contribution in [-0.4, -0.2) is 49.2 Å². The van der Waals surface area contributed by atoms with Crippen molar-refractivity contribution in [2.24, 2.45) is 10.9 Å². The molecule has 178 valence electrons. The molecule has 5 nitrogen and oxygen atoms in total. The van der Waals surface area contributed by atoms with Crippen molar-refractivity contribution in [1.29, 1.82) is 0 Å². The van der Waals surface area contributed by atoms with Crippen LogP contribution in [0.3, 0.4) is 0 Å². The van der Waals surface area contributed by atoms with Gasteiger partial charge in [-0.05, 0) is 50.7 Å². The summed E-state index contributed by atoms with van der Waals surface area (Å²) in [7, 11) is 0. The van der Waals surface area contributed by atoms with E-state index >= 15 is 0 Å². The largest absolute Gasteiger partial charge is 0.373 e. The highest BCUT2D eigenvalue weighted by Gasteiger charge is 2.28. The summed E-state index contributed by atoms with van der Waals surface area (Å²) in [5, 5.41) is 7.21. The summed E-state index contributed by atoms with van der Waals surface area (Å²) in [5.41, 5.74) is 2.67. The molecule has 4 unspecified atom stereocenters. The lowest BCUT2D eigenvalue weighted by Crippen LogP contribution is -2.51. The van der Waals surface area contributed by atoms with Gasteiger partial charge in [0.05, 0.1) is 6.10 Å². The number of aliphatic imine (C=N–C) groups is 1. The molecule has 0 spiro atoms. The summed E-state index contributed by atoms with van der Waals surface area (Å²) in [5.74, 6) is 1.37. The quantitative estimate of drug-likeness (QED) is 0.474. The van der Waals surface area contributed by atoms with Gasteiger partial charge in [-0.2, -0.15) is 0 Å². The molecule has 2 fully saturated rings. The van der Waals surface area contributed by atoms with Gasteiger partial charge < -0.3 is 15.4 Å². The van der Waals surface area contributed by atoms with Crippen LogP contribution in [0.25, 0.3) is 0 Å². The Bertz CT molecular complexity index is 857. The van der Waals surface area contributed by atoms with Crippen molar-refractivity contribution in [3.63, 3.8) is 0 Å². The minimum absolute atomic E-state index is 0.146. The minimum Gasteiger partial charge on any atom is -0.373 e. The molecule has 2 aliphatic heterocycles. The average Bonchev–Trinajstić information content (AvgIpc) is 2.86. The van der Waals surface area contributed by atoms with E-state index in [1.807, 2.05) is 0 Å². The first-order valence-corrected chi connectivity index (χ1v) is 12.7. The molecule has 2 aromatic carbocycles. The lowest BCUT2D eigenvalue weighted by Gasteiger charge is -2.38. The third kappa shape index (κ3) is 6.81. The molecule has 2 N–H and O–H groups in total. The van der Waals surface area contributed by atoms with E-state index < -0.39 is 0 Å². The maximum atomic E-state index is 6.18. The van der Waals surface area contributed by atoms with Crippen LogP contribution >= 0.6 is 0 Å². The van der Waals surface area contributed by atoms with Crippen LogP contribution < -0.4 is 10.6 Å². The van der Waals surface area contributed by atoms with E-state index in [0.29, 0.717) is 18.0 Å². The summed E-state index contributed by atoms with van der Waals surface area (Å²) in [6.45, 7) is 9.14. The molecule has 2 aromatic rings. The fourth-order valence-electron chi connectivity index (χ4n) is 5.17. The van der Waals surface area contributed by atoms with Crippen LogP contribution in [0.1, 0.15) is 56.8 Å². The molecule has 5 heteroatoms. The predicted molar refractivity (Wildman–Crippen MR) is 136 cm³/mol. The highest BCUT2D eigenvalue weighted by atomic mass is 16.5. The van der Waals surface area contributed by atoms with Gasteiger partial charge in [0, 0.05) is 50.8 Å². The summed E-state index contributed by atoms with van der Waals surface area (Å²) in [6, 6.07) is 22.4. The molecular formula is C28H40N4O. The molecule has 0 amide bonds. The monoisotopic (exact) mass is 448 g/mol. The second-order valence-electron chi connectivity index (χ2n) is 9.49. The lowest BCUT2D eigenvalue weighted by molar-refractivity contribution is -0.0250. The third-order valence-corrected chi connectivity index (χ3v) is 6.98. The number of ether oxygens (including phenoxy) is 1. The fraction of sp³-hybridized carbons (Fsp3) is 0.536. The Balaban J connectivity index is 1.33. The van der Waals surface area contributed by atoms with E-state index in [0.717, 1.165) is 64.4 Å². The van der Waals surface area contributed by atoms with E-state index in [2.05, 4.69) is 90.0 Å². The SMILES string of the molecule is CCNC(=NCC1CCCOC1c1ccccc1)NC1CCN(Cc2ccccc2)C(C)C1. The van der Waals surface area contributed by atoms with Crippen molar-refractivity contribution in [1.82, 2.24) is 15.5 Å². The Morgan fingerprint density at radius 2 is 1.82 bits per heavy atom. The van der Waals surface area contributed by atoms with Crippen LogP contribution in [-0.2, 0) is 11.3 Å². The summed E-state index contributed by atoms with van der Waals surface area (Å²) in [6.07, 6.45) is 4.70. The number of piperidine rings is 1. The average molecular weight is 449 g/mol. The number of rotatable bonds is 7. The molecule has 0 bridgehead atoms. The zero-order chi connectivity index (χ0) is 22.9. The van der Waals surface area contributed by atoms with Gasteiger partial charge in [-0.1, -0.05) is 60.7 Å². The molecule has 33 heavy (non-hydrogen) atoms. The van der Waals surface area contributed by atoms with Crippen molar-refractivity contribution < 1.29 is 4.74 Å². The van der Waals surface area contributed by atoms with Crippen molar-refractivity contribution >= 4 is 5.96 Å². The molecule has 4 rings (SSSR count). The number of guanidine groups is 1. The molecule has 0 aromatic heterocycles. The van der Waals surface area contributed by atoms with Gasteiger partial charge in [-0.25, -0.2) is 0 Å². The first-order chi connectivity index (χ1) is 16.2. The number of hydrogen-bond donors (Lipinski definition) is 2. The number of hydrogen-bond acceptors (Lipinski definition) is 3. The Kier molecular flexibility index (Phi) is 8.79. The van der Waals surface area contributed by atoms with Gasteiger partial charge in [0.15, 0.2) is 5.96 Å². The van der Waals surface area contributed by atoms with Gasteiger partial charge in [0.2, 0.25) is 0 Å². The lowest BCUT2D eigenvalue weighted by atomic mass is 9.89. The summed E-state index contributed by atoms with van der Waals surface area (Å²) < 4.78 is 6.18. The van der Waals surface area contributed by atoms with Crippen molar-refractivity contribution in [2.75, 3.05) is 26.2 Å². The Hall–Kier alpha value is -2.37. The van der Waals surface area contributed by atoms with Crippen LogP contribution in [0.15, 0.2) is 65.7 Å². The molecule has 0 saturated carbocycles. The van der Waals surface area contributed by atoms with E-state index in [-0.39, 0.29) is 6.10 Å². The number of nitrogens with zero attached hydrogens (tertiary/aromatic N) is 2. The topological polar surface area (TPSA) is 48.9 Å². The molecule has 2 heterocycles. The normalized spacial score (nSPS) is 26.7. The highest BCUT2D eigenvalue weighted by Crippen LogP contribution is 2.33. The third-order valence-electron chi connectivity index (χ3n) is 6.98. The highest BCUT2D eigenvalue weighted by molar-refractivity contribution is 5.80. The minimum atomic E-state index is 0.146. The summed E-state index contributed by atoms with van der Waals surface area (Å²) in [4.78, 5) is 7.62. The van der Waals surface area contributed by atoms with Crippen LogP contribution in [0.2, 0.25) is 0 Å². The molecular weight excluding hydrogens is 408 g/mol. The van der Waals surface area contributed by atoms with Gasteiger partial charge in [0.1, 0.15) is 0 Å². The Morgan fingerprint density at radius 1 is 1.06 bits per heavy atom. The van der Waals surface area contributed by atoms with Gasteiger partial charge in [0.25, 0.3) is 0 Å². The zero-order valence-corrected chi connectivity index (χ0v) is 20.2. The maximum Gasteiger partial charge on any atom is 0.191 e. The van der Waals surface area contributed by atoms with Gasteiger partial charge in [-0.15, -0.1) is 0 Å². The second kappa shape index (κ2) is 12.2. The molecule has 4 atom stereocenters. The van der Waals surface area contributed by atoms with Crippen LogP contribution in [0.4, 0.5) is 0 Å². The van der Waals surface area contributed by atoms with Crippen molar-refractivity contribution in [3.05, 3.63) is 71.8 Å². The first kappa shape index (κ1) is 23.8. The molecule has 0 aliphatic carbocycles. The molecule has 2 aliphatic rings. The number of benzene rings is 2. The van der Waals surface area contributed by atoms with E-state index in [9.17, 15) is 0 Å². The number of nitrogens with one attached hydrogen (secondary N) is 2. The van der Waals surface area contributed by atoms with E-state index in [1.54, 1.807) is 0 Å². The Morgan fingerprint density at radius 3 is 2.55 bits per heavy atom. The fourth-order valence-corrected chi connectivity index (χ4v) is 5.17. The number of likely N-dealkylation sites (tertiary alicyclic amines) is 1. The smallest absolute Gasteiger partial charge is 0.191 e. The maximum absolute atomic E-state index is 6.18. The predicted octanol–water partition coefficient (Wildman–Crippen LogP) is 4.76. The Labute approximate surface area is 199 Å². The van der Waals surface area contributed by atoms with Gasteiger partial charge in [-0.3, -0.25) is 9.89 Å². The van der Waals surface area contributed by atoms with Gasteiger partial charge >= 0.3 is 0 Å². The second-order valence-corrected chi connectivity index (χ2v) is 9.49. The van der Waals surface area contributed by atoms with Crippen LogP contribution in [0.5, 0.6) is 0 Å². The first-order valence-electron chi connectivity index (χ1n) is 12.7. The molecule has 2 saturated heterocycles. The standard InChI is InChI=1S/C28H40N4O/c1-3-29-28(30-20-25-15-10-18-33-27(25)24-13-8-5-9-14-24)31-26-16-17-32(22(2)19-26)21-23-11-6-4-7-12-23/h4-9,11-14,22,25-27H,3,10,15-21H2,1-2H3,(H2,29,30,31). The summed E-state index contributed by atoms with van der Waals surface area (Å²) >= 11 is 0. The zero-order valence-electron chi connectivity index (χ0n) is 20.2. The van der Waals surface area contributed by atoms with Crippen molar-refractivity contribution in [2.45, 2.75) is 64.3 Å². The van der Waals surface area contributed by atoms with Crippen molar-refractivity contribution in [3.8, 4) is 0 Å². The van der Waals surface area contributed by atoms with E-state index in [4.69, 9.17) is 9.73 Å². The van der Waals surface area contributed by atoms with Crippen LogP contribution in [0, 0.1) is 5.92 Å². The van der Waals surface area contributed by atoms with E-state index in [1.165, 1.54) is 11.1 Å².